The Hall–Kier alpha value is -11.4. The normalized spacial score (nSPS) is 6.25. The summed E-state index contributed by atoms with van der Waals surface area (Å²) in [5, 5.41) is 209. The molecule has 0 atom stereocenters. The Morgan fingerprint density at radius 2 is 0.304 bits per heavy atom. The van der Waals surface area contributed by atoms with Gasteiger partial charge in [-0.25, -0.2) is 71.9 Å². The molecule has 69 heavy (non-hydrogen) atoms. The molecule has 48 nitrogen and oxygen atoms in total. The van der Waals surface area contributed by atoms with E-state index < -0.39 is 101 Å². The van der Waals surface area contributed by atoms with E-state index in [1.807, 2.05) is 19.1 Å². The van der Waals surface area contributed by atoms with E-state index in [1.54, 1.807) is 6.08 Å². The molecule has 49 heteroatoms. The molecule has 0 bridgehead atoms. The van der Waals surface area contributed by atoms with Crippen LogP contribution in [-0.4, -0.2) is 255 Å². The van der Waals surface area contributed by atoms with Crippen LogP contribution < -0.4 is 0 Å². The van der Waals surface area contributed by atoms with Gasteiger partial charge in [0.15, 0.2) is 0 Å². The summed E-state index contributed by atoms with van der Waals surface area (Å²) in [7, 11) is -2.87. The van der Waals surface area contributed by atoms with Gasteiger partial charge in [0, 0.05) is 4.57 Å². The maximum Gasteiger partial charge on any atom is 0.692 e. The molecule has 0 spiro atoms. The van der Waals surface area contributed by atoms with E-state index in [9.17, 15) is 0 Å². The Morgan fingerprint density at radius 3 is 0.304 bits per heavy atom. The highest BCUT2D eigenvalue weighted by Gasteiger charge is 1.93. The highest BCUT2D eigenvalue weighted by Crippen LogP contribution is 1.98. The third kappa shape index (κ3) is 1880. The van der Waals surface area contributed by atoms with Crippen LogP contribution in [0.3, 0.4) is 0 Å². The van der Waals surface area contributed by atoms with Gasteiger partial charge in [-0.15, -0.1) is 9.79 Å². The minimum Gasteiger partial charge on any atom is -0.450 e. The number of carbonyl (C=O) groups is 15. The van der Waals surface area contributed by atoms with E-state index in [2.05, 4.69) is 6.58 Å². The predicted molar refractivity (Wildman–Crippen MR) is 197 cm³/mol. The molecule has 0 saturated carbocycles. The first-order valence-electron chi connectivity index (χ1n) is 12.0. The zero-order chi connectivity index (χ0) is 61.4. The molecule has 0 radical (unpaired) electrons. The summed E-state index contributed by atoms with van der Waals surface area (Å²) in [4.78, 5) is 143. The Labute approximate surface area is 372 Å². The van der Waals surface area contributed by atoms with Gasteiger partial charge < -0.3 is 153 Å². The maximum absolute atomic E-state index is 8.70. The van der Waals surface area contributed by atoms with Gasteiger partial charge in [0.05, 0.1) is 0 Å². The number of hydrogen-bond acceptors (Lipinski definition) is 16. The molecular formula is C20H40O48P+. The minimum absolute atomic E-state index is 1.75. The van der Waals surface area contributed by atoms with Gasteiger partial charge >= 0.3 is 101 Å². The summed E-state index contributed by atoms with van der Waals surface area (Å²) < 4.78 is 8.70. The van der Waals surface area contributed by atoms with Gasteiger partial charge in [-0.2, -0.15) is 0 Å². The molecule has 0 aromatic carbocycles. The first-order valence-corrected chi connectivity index (χ1v) is 13.2. The van der Waals surface area contributed by atoms with Crippen molar-refractivity contribution in [3.05, 3.63) is 24.8 Å². The SMILES string of the molecule is C=CC=CC.O=C(O)O.O=C(O)O.O=C(O)O.O=C(O)O.O=C(O)O.O=C(O)O.O=C(O)O.O=C(O)O.O=C(O)O.O=C(O)O.O=C(O)O.O=C(O)O.O=C(O)O.O=C(O)O.O=C(O)O.O=[P+](O)O. The van der Waals surface area contributed by atoms with E-state index in [-0.39, 0.29) is 0 Å². The molecule has 412 valence electrons. The Morgan fingerprint density at radius 1 is 0.261 bits per heavy atom. The van der Waals surface area contributed by atoms with Crippen molar-refractivity contribution in [3.8, 4) is 0 Å². The molecule has 0 aliphatic heterocycles. The molecule has 0 aliphatic carbocycles. The van der Waals surface area contributed by atoms with Gasteiger partial charge in [-0.1, -0.05) is 24.8 Å². The number of hydrogen-bond donors (Lipinski definition) is 32. The fraction of sp³-hybridized carbons (Fsp3) is 0.0500. The molecule has 0 aromatic heterocycles. The van der Waals surface area contributed by atoms with Crippen LogP contribution in [0, 0.1) is 0 Å². The average molecular weight is 1080 g/mol. The first-order chi connectivity index (χ1) is 30.1. The zero-order valence-corrected chi connectivity index (χ0v) is 33.1. The fourth-order valence-electron chi connectivity index (χ4n) is 0.136. The lowest BCUT2D eigenvalue weighted by molar-refractivity contribution is 0.135. The largest absolute Gasteiger partial charge is 0.692 e. The van der Waals surface area contributed by atoms with Gasteiger partial charge in [0.2, 0.25) is 0 Å². The van der Waals surface area contributed by atoms with E-state index in [0.717, 1.165) is 0 Å². The summed E-state index contributed by atoms with van der Waals surface area (Å²) >= 11 is 0. The molecule has 0 rings (SSSR count). The van der Waals surface area contributed by atoms with Crippen molar-refractivity contribution < 1.29 is 239 Å². The smallest absolute Gasteiger partial charge is 0.450 e. The number of rotatable bonds is 1. The molecule has 0 amide bonds. The highest BCUT2D eigenvalue weighted by molar-refractivity contribution is 7.30. The second-order valence-electron chi connectivity index (χ2n) is 5.25. The molecular weight excluding hydrogens is 1040 g/mol. The minimum atomic E-state index is -2.87. The third-order valence-electron chi connectivity index (χ3n) is 0.329. The summed E-state index contributed by atoms with van der Waals surface area (Å²) in [5.74, 6) is 0. The average Bonchev–Trinajstić information content (AvgIpc) is 2.93. The molecule has 0 saturated heterocycles. The van der Waals surface area contributed by atoms with Crippen LogP contribution in [-0.2, 0) is 4.57 Å². The second kappa shape index (κ2) is 112. The van der Waals surface area contributed by atoms with Crippen LogP contribution in [0.1, 0.15) is 6.92 Å². The lowest BCUT2D eigenvalue weighted by atomic mass is 10.5. The highest BCUT2D eigenvalue weighted by atomic mass is 31.1. The van der Waals surface area contributed by atoms with Gasteiger partial charge in [0.1, 0.15) is 0 Å². The third-order valence-corrected chi connectivity index (χ3v) is 0.329. The molecule has 32 N–H and O–H groups in total. The number of allylic oxidation sites excluding steroid dienone is 3. The van der Waals surface area contributed by atoms with Crippen LogP contribution >= 0.6 is 8.25 Å². The summed E-state index contributed by atoms with van der Waals surface area (Å²) in [6.45, 7) is 5.42. The Balaban J connectivity index is -0.0000000278. The molecule has 0 fully saturated rings. The van der Waals surface area contributed by atoms with Crippen molar-refractivity contribution >= 4 is 101 Å². The summed E-state index contributed by atoms with van der Waals surface area (Å²) in [6.07, 6.45) is -21.9. The van der Waals surface area contributed by atoms with Crippen molar-refractivity contribution in [2.75, 3.05) is 0 Å². The van der Waals surface area contributed by atoms with E-state index in [4.69, 9.17) is 239 Å². The van der Waals surface area contributed by atoms with Gasteiger partial charge in [-0.3, -0.25) is 0 Å². The maximum atomic E-state index is 8.70. The van der Waals surface area contributed by atoms with Gasteiger partial charge in [-0.05, 0) is 6.92 Å². The monoisotopic (exact) mass is 1080 g/mol. The quantitative estimate of drug-likeness (QED) is 0.125. The van der Waals surface area contributed by atoms with E-state index in [1.165, 1.54) is 0 Å². The van der Waals surface area contributed by atoms with Crippen molar-refractivity contribution in [2.45, 2.75) is 6.92 Å². The topological polar surface area (TPSA) is 920 Å². The van der Waals surface area contributed by atoms with Crippen LogP contribution in [0.25, 0.3) is 0 Å². The summed E-state index contributed by atoms with van der Waals surface area (Å²) in [5.41, 5.74) is 0. The van der Waals surface area contributed by atoms with Crippen molar-refractivity contribution in [2.24, 2.45) is 0 Å². The Bertz CT molecular complexity index is 943. The van der Waals surface area contributed by atoms with Crippen molar-refractivity contribution in [1.29, 1.82) is 0 Å². The van der Waals surface area contributed by atoms with Crippen LogP contribution in [0.4, 0.5) is 71.9 Å². The van der Waals surface area contributed by atoms with Crippen molar-refractivity contribution in [3.63, 3.8) is 0 Å². The van der Waals surface area contributed by atoms with Crippen molar-refractivity contribution in [1.82, 2.24) is 0 Å². The predicted octanol–water partition coefficient (Wildman–Crippen LogP) is 4.71. The summed E-state index contributed by atoms with van der Waals surface area (Å²) in [6, 6.07) is 0. The molecule has 0 unspecified atom stereocenters. The van der Waals surface area contributed by atoms with Crippen LogP contribution in [0.15, 0.2) is 24.8 Å². The lowest BCUT2D eigenvalue weighted by Gasteiger charge is -1.60. The number of carboxylic acid groups (broad SMARTS) is 30. The first kappa shape index (κ1) is 112. The zero-order valence-electron chi connectivity index (χ0n) is 32.2. The molecule has 0 heterocycles. The second-order valence-corrected chi connectivity index (χ2v) is 5.76. The lowest BCUT2D eigenvalue weighted by Crippen LogP contribution is -1.81. The van der Waals surface area contributed by atoms with E-state index in [0.29, 0.717) is 0 Å². The molecule has 0 aliphatic rings. The van der Waals surface area contributed by atoms with Crippen LogP contribution in [0.2, 0.25) is 0 Å². The fourth-order valence-corrected chi connectivity index (χ4v) is 0.136. The van der Waals surface area contributed by atoms with Crippen LogP contribution in [0.5, 0.6) is 0 Å². The molecule has 0 aromatic rings. The van der Waals surface area contributed by atoms with Gasteiger partial charge in [0.25, 0.3) is 0 Å². The Kier molecular flexibility index (Phi) is 181. The van der Waals surface area contributed by atoms with E-state index >= 15 is 0 Å². The standard InChI is InChI=1S/C5H8.15CH2O3.HO3P/c1-3-5-4-2;15*2-1(3)4;1-4(2)3/h3-5H,1H2,2H3;15*(H2,2,3,4);(H-,1,2,3)/p+1.